The van der Waals surface area contributed by atoms with Crippen LogP contribution in [0.5, 0.6) is 0 Å². The summed E-state index contributed by atoms with van der Waals surface area (Å²) < 4.78 is 0. The van der Waals surface area contributed by atoms with Crippen molar-refractivity contribution in [1.82, 2.24) is 19.9 Å². The van der Waals surface area contributed by atoms with E-state index in [4.69, 9.17) is 19.9 Å². The second-order valence-electron chi connectivity index (χ2n) is 11.8. The van der Waals surface area contributed by atoms with Gasteiger partial charge in [-0.1, -0.05) is 146 Å². The first kappa shape index (κ1) is 31.8. The van der Waals surface area contributed by atoms with Gasteiger partial charge in [0.25, 0.3) is 0 Å². The van der Waals surface area contributed by atoms with Gasteiger partial charge in [-0.25, -0.2) is 9.97 Å². The zero-order valence-corrected chi connectivity index (χ0v) is 29.6. The molecule has 4 aromatic carbocycles. The molecule has 5 heterocycles. The molecule has 4 nitrogen and oxygen atoms in total. The van der Waals surface area contributed by atoms with Crippen molar-refractivity contribution in [2.45, 2.75) is 0 Å². The number of hydrogen-bond acceptors (Lipinski definition) is 2. The predicted octanol–water partition coefficient (Wildman–Crippen LogP) is 11.3. The van der Waals surface area contributed by atoms with Crippen molar-refractivity contribution in [2.75, 3.05) is 0 Å². The Morgan fingerprint density at radius 3 is 0.760 bits per heavy atom. The fourth-order valence-electron chi connectivity index (χ4n) is 6.69. The molecule has 2 aliphatic heterocycles. The van der Waals surface area contributed by atoms with Crippen molar-refractivity contribution in [1.29, 1.82) is 0 Å². The van der Waals surface area contributed by atoms with E-state index in [1.165, 1.54) is 0 Å². The van der Waals surface area contributed by atoms with Gasteiger partial charge in [0.2, 0.25) is 0 Å². The third kappa shape index (κ3) is 6.00. The van der Waals surface area contributed by atoms with E-state index in [1.807, 2.05) is 24.3 Å². The second-order valence-corrected chi connectivity index (χ2v) is 11.8. The Morgan fingerprint density at radius 2 is 0.540 bits per heavy atom. The average Bonchev–Trinajstić information content (AvgIpc) is 4.02. The van der Waals surface area contributed by atoms with Crippen molar-refractivity contribution in [2.24, 2.45) is 0 Å². The van der Waals surface area contributed by atoms with Crippen LogP contribution in [0.15, 0.2) is 146 Å². The summed E-state index contributed by atoms with van der Waals surface area (Å²) in [4.78, 5) is 21.2. The van der Waals surface area contributed by atoms with Gasteiger partial charge < -0.3 is 9.97 Å². The zero-order valence-electron chi connectivity index (χ0n) is 26.6. The summed E-state index contributed by atoms with van der Waals surface area (Å²) in [7, 11) is 4.58. The molecule has 0 aliphatic carbocycles. The number of nitrogens with zero attached hydrogens (tertiary/aromatic N) is 4. The predicted molar refractivity (Wildman–Crippen MR) is 204 cm³/mol. The van der Waals surface area contributed by atoms with E-state index >= 15 is 0 Å². The Kier molecular flexibility index (Phi) is 9.00. The van der Waals surface area contributed by atoms with Crippen LogP contribution >= 0.6 is 9.19 Å². The molecule has 0 N–H and O–H groups in total. The summed E-state index contributed by atoms with van der Waals surface area (Å²) in [6.07, 6.45) is 8.41. The van der Waals surface area contributed by atoms with Crippen LogP contribution in [0.4, 0.5) is 0 Å². The van der Waals surface area contributed by atoms with E-state index in [2.05, 4.69) is 155 Å². The molecule has 0 atom stereocenters. The van der Waals surface area contributed by atoms with Gasteiger partial charge in [-0.2, -0.15) is 0 Å². The van der Waals surface area contributed by atoms with Crippen molar-refractivity contribution in [3.8, 4) is 44.5 Å². The molecule has 0 radical (unpaired) electrons. The number of hydrogen-bond donors (Lipinski definition) is 0. The minimum atomic E-state index is 0.861. The fourth-order valence-corrected chi connectivity index (χ4v) is 6.69. The summed E-state index contributed by atoms with van der Waals surface area (Å²) in [5.41, 5.74) is 15.0. The minimum absolute atomic E-state index is 0.861. The van der Waals surface area contributed by atoms with Gasteiger partial charge in [0.15, 0.2) is 0 Å². The summed E-state index contributed by atoms with van der Waals surface area (Å²) in [6, 6.07) is 50.0. The maximum absolute atomic E-state index is 5.31. The molecule has 50 heavy (non-hydrogen) atoms. The molecular weight excluding hydrogens is 817 g/mol. The van der Waals surface area contributed by atoms with Crippen molar-refractivity contribution < 1.29 is 20.0 Å². The molecule has 0 saturated heterocycles. The van der Waals surface area contributed by atoms with Gasteiger partial charge in [0.05, 0.1) is 22.8 Å². The van der Waals surface area contributed by atoms with E-state index in [-0.39, 0.29) is 0 Å². The molecule has 2 aliphatic rings. The fraction of sp³-hybridized carbons (Fsp3) is 0. The van der Waals surface area contributed by atoms with Crippen LogP contribution in [0.3, 0.4) is 0 Å². The monoisotopic (exact) mass is 844 g/mol. The third-order valence-electron chi connectivity index (χ3n) is 8.86. The Balaban J connectivity index is 0.00000177. The van der Waals surface area contributed by atoms with E-state index in [9.17, 15) is 0 Å². The first-order valence-corrected chi connectivity index (χ1v) is 18.9. The number of halogens is 1. The van der Waals surface area contributed by atoms with Crippen LogP contribution in [0.25, 0.3) is 90.9 Å². The molecule has 8 bridgehead atoms. The molecule has 244 valence electrons. The zero-order chi connectivity index (χ0) is 33.9. The third-order valence-corrected chi connectivity index (χ3v) is 8.86. The Hall–Kier alpha value is -5.49. The van der Waals surface area contributed by atoms with E-state index in [0.717, 1.165) is 89.4 Å². The topological polar surface area (TPSA) is 54.0 Å². The van der Waals surface area contributed by atoms with E-state index < -0.39 is 0 Å². The second kappa shape index (κ2) is 14.2. The first-order valence-electron chi connectivity index (χ1n) is 16.2. The molecule has 0 fully saturated rings. The normalized spacial score (nSPS) is 11.7. The van der Waals surface area contributed by atoms with Crippen LogP contribution in [0.2, 0.25) is 0 Å². The molecule has 6 heteroatoms. The van der Waals surface area contributed by atoms with Crippen molar-refractivity contribution in [3.05, 3.63) is 168 Å². The van der Waals surface area contributed by atoms with Gasteiger partial charge >= 0.3 is 29.2 Å². The Labute approximate surface area is 306 Å². The van der Waals surface area contributed by atoms with Gasteiger partial charge in [0.1, 0.15) is 0 Å². The Bertz CT molecular complexity index is 2190. The first-order chi connectivity index (χ1) is 24.8. The summed E-state index contributed by atoms with van der Waals surface area (Å²) in [5, 5.41) is 0. The molecule has 0 spiro atoms. The number of benzene rings is 4. The number of rotatable bonds is 4. The molecule has 0 amide bonds. The summed E-state index contributed by atoms with van der Waals surface area (Å²) >= 11 is 1.75. The number of aromatic nitrogens is 4. The van der Waals surface area contributed by atoms with Crippen molar-refractivity contribution >= 4 is 55.6 Å². The number of fused-ring (bicyclic) bond motifs is 8. The average molecular weight is 845 g/mol. The molecular formula is C44H28AuClN4-2. The van der Waals surface area contributed by atoms with Gasteiger partial charge in [-0.3, -0.25) is 0 Å². The van der Waals surface area contributed by atoms with Crippen molar-refractivity contribution in [3.63, 3.8) is 0 Å². The molecule has 9 rings (SSSR count). The molecule has 0 unspecified atom stereocenters. The molecule has 0 saturated carbocycles. The SMILES string of the molecule is C1=Cc2nc1c(-c1ccccc1)c1ccc([n-]1)c(-c1ccccc1)c1nc(c(-c3ccccc3)c3ccc([n-]3)c2-c2ccccc2)C=C1.[Cl][Au]. The van der Waals surface area contributed by atoms with Crippen LogP contribution < -0.4 is 9.97 Å². The molecule has 7 aromatic rings. The standard InChI is InChI=1S/C44H28N4.Au.ClH/c1-5-13-29(14-6-1)41-33-21-23-35(45-33)42(30-15-7-2-8-16-30)37-25-27-39(47-37)44(32-19-11-4-12-20-32)40-28-26-38(48-40)43(31-17-9-3-10-18-31)36-24-22-34(41)46-36;;/h1-28H;;1H/q-2;+1;/p-1. The van der Waals surface area contributed by atoms with E-state index in [0.29, 0.717) is 0 Å². The maximum atomic E-state index is 5.31. The van der Waals surface area contributed by atoms with Crippen LogP contribution in [0, 0.1) is 0 Å². The van der Waals surface area contributed by atoms with Gasteiger partial charge in [-0.15, -0.1) is 22.1 Å². The quantitative estimate of drug-likeness (QED) is 0.166. The van der Waals surface area contributed by atoms with Crippen LogP contribution in [-0.2, 0) is 20.0 Å². The summed E-state index contributed by atoms with van der Waals surface area (Å²) in [5.74, 6) is 0. The molecule has 3 aromatic heterocycles. The summed E-state index contributed by atoms with van der Waals surface area (Å²) in [6.45, 7) is 0. The van der Waals surface area contributed by atoms with Gasteiger partial charge in [-0.05, 0) is 68.8 Å². The van der Waals surface area contributed by atoms with Crippen LogP contribution in [-0.4, -0.2) is 9.97 Å². The van der Waals surface area contributed by atoms with E-state index in [1.54, 1.807) is 20.0 Å². The van der Waals surface area contributed by atoms with Gasteiger partial charge in [0, 0.05) is 0 Å². The Morgan fingerprint density at radius 1 is 0.320 bits per heavy atom. The van der Waals surface area contributed by atoms with Crippen LogP contribution in [0.1, 0.15) is 22.8 Å².